The first-order valence-corrected chi connectivity index (χ1v) is 4.38. The van der Waals surface area contributed by atoms with E-state index in [0.717, 1.165) is 12.1 Å². The van der Waals surface area contributed by atoms with Crippen LogP contribution in [0.4, 0.5) is 8.78 Å². The Morgan fingerprint density at radius 2 is 1.86 bits per heavy atom. The summed E-state index contributed by atoms with van der Waals surface area (Å²) in [7, 11) is 0. The Bertz CT molecular complexity index is 511. The van der Waals surface area contributed by atoms with Crippen molar-refractivity contribution in [2.75, 3.05) is 0 Å². The van der Waals surface area contributed by atoms with E-state index >= 15 is 0 Å². The van der Waals surface area contributed by atoms with Crippen molar-refractivity contribution in [3.05, 3.63) is 40.7 Å². The van der Waals surface area contributed by atoms with Crippen LogP contribution in [0, 0.1) is 18.6 Å². The minimum absolute atomic E-state index is 0.00278. The molecule has 1 nitrogen and oxygen atoms in total. The van der Waals surface area contributed by atoms with Crippen LogP contribution in [0.5, 0.6) is 0 Å². The maximum absolute atomic E-state index is 13.3. The van der Waals surface area contributed by atoms with Crippen LogP contribution in [0.2, 0.25) is 5.15 Å². The number of benzene rings is 1. The van der Waals surface area contributed by atoms with Gasteiger partial charge in [-0.2, -0.15) is 0 Å². The van der Waals surface area contributed by atoms with Gasteiger partial charge in [-0.05, 0) is 25.1 Å². The van der Waals surface area contributed by atoms with Gasteiger partial charge in [0.05, 0.1) is 5.39 Å². The molecule has 2 rings (SSSR count). The topological polar surface area (TPSA) is 12.9 Å². The summed E-state index contributed by atoms with van der Waals surface area (Å²) in [5, 5.41) is 0.205. The molecular weight excluding hydrogens is 208 g/mol. The van der Waals surface area contributed by atoms with E-state index in [2.05, 4.69) is 4.98 Å². The smallest absolute Gasteiger partial charge is 0.140 e. The summed E-state index contributed by atoms with van der Waals surface area (Å²) in [6.45, 7) is 1.68. The highest BCUT2D eigenvalue weighted by Crippen LogP contribution is 2.27. The number of aromatic nitrogens is 1. The monoisotopic (exact) mass is 213 g/mol. The van der Waals surface area contributed by atoms with Crippen LogP contribution >= 0.6 is 11.6 Å². The lowest BCUT2D eigenvalue weighted by atomic mass is 10.1. The molecule has 0 N–H and O–H groups in total. The molecule has 1 aromatic carbocycles. The molecule has 0 unspecified atom stereocenters. The Morgan fingerprint density at radius 3 is 2.57 bits per heavy atom. The van der Waals surface area contributed by atoms with Gasteiger partial charge in [0.1, 0.15) is 16.8 Å². The van der Waals surface area contributed by atoms with Gasteiger partial charge in [-0.3, -0.25) is 0 Å². The predicted molar refractivity (Wildman–Crippen MR) is 51.4 cm³/mol. The Balaban J connectivity index is 3.00. The summed E-state index contributed by atoms with van der Waals surface area (Å²) in [5.41, 5.74) is 0.562. The van der Waals surface area contributed by atoms with Crippen molar-refractivity contribution in [3.63, 3.8) is 0 Å². The molecule has 0 saturated carbocycles. The lowest BCUT2D eigenvalue weighted by Gasteiger charge is -2.03. The van der Waals surface area contributed by atoms with Gasteiger partial charge in [0.25, 0.3) is 0 Å². The molecule has 2 aromatic rings. The Labute approximate surface area is 84.3 Å². The normalized spacial score (nSPS) is 10.9. The van der Waals surface area contributed by atoms with E-state index < -0.39 is 11.6 Å². The van der Waals surface area contributed by atoms with Gasteiger partial charge in [-0.15, -0.1) is 0 Å². The number of hydrogen-bond acceptors (Lipinski definition) is 1. The van der Waals surface area contributed by atoms with Gasteiger partial charge in [0, 0.05) is 11.1 Å². The summed E-state index contributed by atoms with van der Waals surface area (Å²) >= 11 is 5.72. The molecule has 0 bridgehead atoms. The molecule has 0 fully saturated rings. The number of nitrogens with zero attached hydrogens (tertiary/aromatic N) is 1. The van der Waals surface area contributed by atoms with E-state index in [1.165, 1.54) is 6.07 Å². The molecule has 1 aromatic heterocycles. The molecule has 0 aliphatic carbocycles. The van der Waals surface area contributed by atoms with Crippen molar-refractivity contribution in [2.24, 2.45) is 0 Å². The van der Waals surface area contributed by atoms with Gasteiger partial charge in [-0.1, -0.05) is 11.6 Å². The van der Waals surface area contributed by atoms with E-state index in [9.17, 15) is 8.78 Å². The first-order valence-electron chi connectivity index (χ1n) is 4.00. The summed E-state index contributed by atoms with van der Waals surface area (Å²) in [6.07, 6.45) is 0. The van der Waals surface area contributed by atoms with Crippen molar-refractivity contribution < 1.29 is 8.78 Å². The fourth-order valence-corrected chi connectivity index (χ4v) is 1.70. The average molecular weight is 214 g/mol. The highest BCUT2D eigenvalue weighted by atomic mass is 35.5. The Morgan fingerprint density at radius 1 is 1.21 bits per heavy atom. The van der Waals surface area contributed by atoms with Crippen LogP contribution in [-0.2, 0) is 0 Å². The fourth-order valence-electron chi connectivity index (χ4n) is 1.37. The van der Waals surface area contributed by atoms with Crippen LogP contribution in [-0.4, -0.2) is 4.98 Å². The largest absolute Gasteiger partial charge is 0.241 e. The van der Waals surface area contributed by atoms with Crippen molar-refractivity contribution in [1.82, 2.24) is 4.98 Å². The van der Waals surface area contributed by atoms with E-state index in [1.807, 2.05) is 0 Å². The SMILES string of the molecule is Cc1cc2c(F)ccc(F)c2c(Cl)n1. The standard InChI is InChI=1S/C10H6ClF2N/c1-5-4-6-7(12)2-3-8(13)9(6)10(11)14-5/h2-4H,1H3. The van der Waals surface area contributed by atoms with Gasteiger partial charge >= 0.3 is 0 Å². The number of aryl methyl sites for hydroxylation is 1. The van der Waals surface area contributed by atoms with Crippen molar-refractivity contribution in [3.8, 4) is 0 Å². The molecule has 0 amide bonds. The molecular formula is C10H6ClF2N. The summed E-state index contributed by atoms with van der Waals surface area (Å²) in [5.74, 6) is -1.05. The highest BCUT2D eigenvalue weighted by molar-refractivity contribution is 6.34. The molecule has 1 heterocycles. The molecule has 4 heteroatoms. The third-order valence-corrected chi connectivity index (χ3v) is 2.25. The van der Waals surface area contributed by atoms with Gasteiger partial charge in [0.15, 0.2) is 0 Å². The molecule has 0 saturated heterocycles. The lowest BCUT2D eigenvalue weighted by molar-refractivity contribution is 0.617. The second kappa shape index (κ2) is 3.17. The minimum atomic E-state index is -0.557. The number of pyridine rings is 1. The zero-order valence-electron chi connectivity index (χ0n) is 7.31. The molecule has 0 spiro atoms. The van der Waals surface area contributed by atoms with Gasteiger partial charge < -0.3 is 0 Å². The zero-order valence-corrected chi connectivity index (χ0v) is 8.07. The van der Waals surface area contributed by atoms with E-state index in [4.69, 9.17) is 11.6 Å². The van der Waals surface area contributed by atoms with Gasteiger partial charge in [0.2, 0.25) is 0 Å². The zero-order chi connectivity index (χ0) is 10.3. The van der Waals surface area contributed by atoms with Crippen molar-refractivity contribution in [1.29, 1.82) is 0 Å². The molecule has 0 aliphatic rings. The fraction of sp³-hybridized carbons (Fsp3) is 0.100. The average Bonchev–Trinajstić information content (AvgIpc) is 2.10. The third-order valence-electron chi connectivity index (χ3n) is 1.98. The summed E-state index contributed by atoms with van der Waals surface area (Å²) in [4.78, 5) is 3.86. The first-order chi connectivity index (χ1) is 6.59. The lowest BCUT2D eigenvalue weighted by Crippen LogP contribution is -1.90. The van der Waals surface area contributed by atoms with E-state index in [0.29, 0.717) is 5.69 Å². The minimum Gasteiger partial charge on any atom is -0.241 e. The van der Waals surface area contributed by atoms with Crippen molar-refractivity contribution in [2.45, 2.75) is 6.92 Å². The number of rotatable bonds is 0. The number of hydrogen-bond donors (Lipinski definition) is 0. The van der Waals surface area contributed by atoms with Crippen molar-refractivity contribution >= 4 is 22.4 Å². The van der Waals surface area contributed by atoms with Crippen LogP contribution in [0.3, 0.4) is 0 Å². The maximum Gasteiger partial charge on any atom is 0.140 e. The molecule has 0 aliphatic heterocycles. The first kappa shape index (κ1) is 9.34. The Kier molecular flexibility index (Phi) is 2.11. The quantitative estimate of drug-likeness (QED) is 0.611. The van der Waals surface area contributed by atoms with Crippen LogP contribution < -0.4 is 0 Å². The van der Waals surface area contributed by atoms with E-state index in [1.54, 1.807) is 6.92 Å². The Hall–Kier alpha value is -1.22. The number of halogens is 3. The van der Waals surface area contributed by atoms with Crippen LogP contribution in [0.1, 0.15) is 5.69 Å². The van der Waals surface area contributed by atoms with Gasteiger partial charge in [-0.25, -0.2) is 13.8 Å². The summed E-state index contributed by atoms with van der Waals surface area (Å²) < 4.78 is 26.5. The third kappa shape index (κ3) is 1.34. The molecule has 0 atom stereocenters. The number of fused-ring (bicyclic) bond motifs is 1. The van der Waals surface area contributed by atoms with E-state index in [-0.39, 0.29) is 15.9 Å². The molecule has 0 radical (unpaired) electrons. The molecule has 72 valence electrons. The second-order valence-electron chi connectivity index (χ2n) is 3.01. The second-order valence-corrected chi connectivity index (χ2v) is 3.36. The maximum atomic E-state index is 13.3. The van der Waals surface area contributed by atoms with Crippen LogP contribution in [0.15, 0.2) is 18.2 Å². The highest BCUT2D eigenvalue weighted by Gasteiger charge is 2.10. The summed E-state index contributed by atoms with van der Waals surface area (Å²) in [6, 6.07) is 3.59. The molecule has 14 heavy (non-hydrogen) atoms. The predicted octanol–water partition coefficient (Wildman–Crippen LogP) is 3.47. The van der Waals surface area contributed by atoms with Crippen LogP contribution in [0.25, 0.3) is 10.8 Å².